The summed E-state index contributed by atoms with van der Waals surface area (Å²) in [6.45, 7) is 0. The third kappa shape index (κ3) is 5.86. The third-order valence-corrected chi connectivity index (χ3v) is 4.03. The molecule has 2 saturated carbocycles. The molecule has 0 aromatic rings. The highest BCUT2D eigenvalue weighted by Crippen LogP contribution is 2.17. The molecule has 2 nitrogen and oxygen atoms in total. The highest BCUT2D eigenvalue weighted by Gasteiger charge is 2.09. The summed E-state index contributed by atoms with van der Waals surface area (Å²) in [6, 6.07) is 1.67. The molecule has 2 aliphatic rings. The van der Waals surface area contributed by atoms with Gasteiger partial charge >= 0.3 is 0 Å². The Bertz CT molecular complexity index is 129. The van der Waals surface area contributed by atoms with Crippen LogP contribution in [0.1, 0.15) is 64.2 Å². The van der Waals surface area contributed by atoms with Gasteiger partial charge in [-0.1, -0.05) is 38.5 Å². The second-order valence-electron chi connectivity index (χ2n) is 5.25. The van der Waals surface area contributed by atoms with Gasteiger partial charge in [-0.2, -0.15) is 0 Å². The smallest absolute Gasteiger partial charge is 0.00640 e. The molecule has 0 bridgehead atoms. The maximum atomic E-state index is 3.30. The Morgan fingerprint density at radius 2 is 0.875 bits per heavy atom. The van der Waals surface area contributed by atoms with Crippen LogP contribution in [0.4, 0.5) is 0 Å². The summed E-state index contributed by atoms with van der Waals surface area (Å²) in [7, 11) is 4.13. The Kier molecular flexibility index (Phi) is 7.87. The van der Waals surface area contributed by atoms with Crippen LogP contribution in [0.25, 0.3) is 0 Å². The van der Waals surface area contributed by atoms with Gasteiger partial charge in [0.25, 0.3) is 0 Å². The zero-order valence-electron chi connectivity index (χ0n) is 11.2. The van der Waals surface area contributed by atoms with Crippen molar-refractivity contribution < 1.29 is 0 Å². The fraction of sp³-hybridized carbons (Fsp3) is 1.00. The van der Waals surface area contributed by atoms with Crippen LogP contribution in [0.5, 0.6) is 0 Å². The molecule has 0 saturated heterocycles. The van der Waals surface area contributed by atoms with Crippen molar-refractivity contribution in [1.29, 1.82) is 0 Å². The van der Waals surface area contributed by atoms with Crippen LogP contribution in [0.15, 0.2) is 0 Å². The predicted octanol–water partition coefficient (Wildman–Crippen LogP) is 3.08. The average molecular weight is 226 g/mol. The van der Waals surface area contributed by atoms with E-state index in [-0.39, 0.29) is 0 Å². The molecule has 0 aromatic carbocycles. The Morgan fingerprint density at radius 1 is 0.562 bits per heavy atom. The normalized spacial score (nSPS) is 23.6. The molecular formula is C14H30N2. The van der Waals surface area contributed by atoms with Gasteiger partial charge in [0.05, 0.1) is 0 Å². The summed E-state index contributed by atoms with van der Waals surface area (Å²) in [4.78, 5) is 0. The van der Waals surface area contributed by atoms with E-state index in [0.717, 1.165) is 12.1 Å². The summed E-state index contributed by atoms with van der Waals surface area (Å²) >= 11 is 0. The van der Waals surface area contributed by atoms with Crippen molar-refractivity contribution in [3.8, 4) is 0 Å². The van der Waals surface area contributed by atoms with Crippen molar-refractivity contribution in [2.24, 2.45) is 0 Å². The third-order valence-electron chi connectivity index (χ3n) is 4.03. The highest BCUT2D eigenvalue weighted by atomic mass is 14.9. The van der Waals surface area contributed by atoms with Gasteiger partial charge in [0.15, 0.2) is 0 Å². The second kappa shape index (κ2) is 9.00. The van der Waals surface area contributed by atoms with E-state index in [0.29, 0.717) is 0 Å². The molecule has 0 aromatic heterocycles. The molecule has 0 heterocycles. The van der Waals surface area contributed by atoms with Crippen LogP contribution in [0.3, 0.4) is 0 Å². The lowest BCUT2D eigenvalue weighted by Gasteiger charge is -2.20. The van der Waals surface area contributed by atoms with Crippen LogP contribution < -0.4 is 10.6 Å². The Morgan fingerprint density at radius 3 is 1.06 bits per heavy atom. The van der Waals surface area contributed by atoms with Crippen LogP contribution in [-0.2, 0) is 0 Å². The van der Waals surface area contributed by atoms with E-state index in [2.05, 4.69) is 24.7 Å². The van der Waals surface area contributed by atoms with Gasteiger partial charge in [-0.3, -0.25) is 0 Å². The molecule has 0 aliphatic heterocycles. The summed E-state index contributed by atoms with van der Waals surface area (Å²) in [6.07, 6.45) is 14.3. The highest BCUT2D eigenvalue weighted by molar-refractivity contribution is 4.69. The van der Waals surface area contributed by atoms with E-state index in [1.807, 2.05) is 0 Å². The molecule has 0 amide bonds. The molecule has 16 heavy (non-hydrogen) atoms. The SMILES string of the molecule is CNC1CCCCC1.CNC1CCCCC1. The molecule has 2 N–H and O–H groups in total. The molecule has 0 radical (unpaired) electrons. The minimum Gasteiger partial charge on any atom is -0.317 e. The van der Waals surface area contributed by atoms with Crippen LogP contribution in [0, 0.1) is 0 Å². The summed E-state index contributed by atoms with van der Waals surface area (Å²) < 4.78 is 0. The first-order chi connectivity index (χ1) is 7.86. The van der Waals surface area contributed by atoms with Crippen LogP contribution in [-0.4, -0.2) is 26.2 Å². The van der Waals surface area contributed by atoms with Crippen molar-refractivity contribution in [1.82, 2.24) is 10.6 Å². The molecule has 2 heteroatoms. The molecule has 96 valence electrons. The predicted molar refractivity (Wildman–Crippen MR) is 71.9 cm³/mol. The van der Waals surface area contributed by atoms with E-state index in [1.165, 1.54) is 64.2 Å². The molecule has 2 fully saturated rings. The second-order valence-corrected chi connectivity index (χ2v) is 5.25. The number of rotatable bonds is 2. The molecular weight excluding hydrogens is 196 g/mol. The van der Waals surface area contributed by atoms with Crippen molar-refractivity contribution in [2.45, 2.75) is 76.3 Å². The topological polar surface area (TPSA) is 24.1 Å². The van der Waals surface area contributed by atoms with Gasteiger partial charge in [0.1, 0.15) is 0 Å². The maximum absolute atomic E-state index is 3.30. The van der Waals surface area contributed by atoms with Gasteiger partial charge in [-0.15, -0.1) is 0 Å². The number of nitrogens with one attached hydrogen (secondary N) is 2. The molecule has 0 atom stereocenters. The molecule has 0 unspecified atom stereocenters. The van der Waals surface area contributed by atoms with Crippen molar-refractivity contribution in [2.75, 3.05) is 14.1 Å². The Balaban J connectivity index is 0.000000160. The summed E-state index contributed by atoms with van der Waals surface area (Å²) in [5, 5.41) is 6.61. The van der Waals surface area contributed by atoms with Gasteiger partial charge in [0.2, 0.25) is 0 Å². The lowest BCUT2D eigenvalue weighted by Crippen LogP contribution is -2.26. The maximum Gasteiger partial charge on any atom is 0.00640 e. The average Bonchev–Trinajstić information content (AvgIpc) is 2.41. The zero-order chi connectivity index (χ0) is 11.6. The lowest BCUT2D eigenvalue weighted by molar-refractivity contribution is 0.394. The van der Waals surface area contributed by atoms with E-state index >= 15 is 0 Å². The summed E-state index contributed by atoms with van der Waals surface area (Å²) in [5.41, 5.74) is 0. The molecule has 2 aliphatic carbocycles. The van der Waals surface area contributed by atoms with Gasteiger partial charge in [-0.25, -0.2) is 0 Å². The lowest BCUT2D eigenvalue weighted by atomic mass is 9.96. The van der Waals surface area contributed by atoms with Crippen molar-refractivity contribution >= 4 is 0 Å². The van der Waals surface area contributed by atoms with Gasteiger partial charge < -0.3 is 10.6 Å². The van der Waals surface area contributed by atoms with E-state index in [9.17, 15) is 0 Å². The van der Waals surface area contributed by atoms with E-state index < -0.39 is 0 Å². The first-order valence-corrected chi connectivity index (χ1v) is 7.21. The van der Waals surface area contributed by atoms with Crippen molar-refractivity contribution in [3.05, 3.63) is 0 Å². The van der Waals surface area contributed by atoms with Crippen LogP contribution >= 0.6 is 0 Å². The molecule has 0 spiro atoms. The number of hydrogen-bond acceptors (Lipinski definition) is 2. The fourth-order valence-electron chi connectivity index (χ4n) is 2.78. The van der Waals surface area contributed by atoms with Crippen molar-refractivity contribution in [3.63, 3.8) is 0 Å². The van der Waals surface area contributed by atoms with Gasteiger partial charge in [0, 0.05) is 12.1 Å². The van der Waals surface area contributed by atoms with Crippen LogP contribution in [0.2, 0.25) is 0 Å². The minimum absolute atomic E-state index is 0.837. The largest absolute Gasteiger partial charge is 0.317 e. The quantitative estimate of drug-likeness (QED) is 0.756. The number of hydrogen-bond donors (Lipinski definition) is 2. The van der Waals surface area contributed by atoms with E-state index in [1.54, 1.807) is 0 Å². The molecule has 2 rings (SSSR count). The standard InChI is InChI=1S/2C7H15N/c2*1-8-7-5-3-2-4-6-7/h2*7-8H,2-6H2,1H3. The first kappa shape index (κ1) is 14.0. The summed E-state index contributed by atoms with van der Waals surface area (Å²) in [5.74, 6) is 0. The Labute approximate surface area is 102 Å². The van der Waals surface area contributed by atoms with E-state index in [4.69, 9.17) is 0 Å². The fourth-order valence-corrected chi connectivity index (χ4v) is 2.78. The van der Waals surface area contributed by atoms with Gasteiger partial charge in [-0.05, 0) is 39.8 Å². The zero-order valence-corrected chi connectivity index (χ0v) is 11.2. The monoisotopic (exact) mass is 226 g/mol. The Hall–Kier alpha value is -0.0800. The minimum atomic E-state index is 0.837. The first-order valence-electron chi connectivity index (χ1n) is 7.21.